The van der Waals surface area contributed by atoms with Crippen molar-refractivity contribution < 1.29 is 4.79 Å². The highest BCUT2D eigenvalue weighted by Crippen LogP contribution is 2.26. The molecule has 0 saturated heterocycles. The first-order valence-electron chi connectivity index (χ1n) is 4.96. The lowest BCUT2D eigenvalue weighted by atomic mass is 10.1. The summed E-state index contributed by atoms with van der Waals surface area (Å²) in [5.74, 6) is 0. The van der Waals surface area contributed by atoms with Gasteiger partial charge in [-0.25, -0.2) is 4.98 Å². The molecule has 0 aliphatic rings. The van der Waals surface area contributed by atoms with E-state index in [1.165, 1.54) is 11.3 Å². The Kier molecular flexibility index (Phi) is 2.71. The fourth-order valence-electron chi connectivity index (χ4n) is 1.76. The van der Waals surface area contributed by atoms with Gasteiger partial charge in [0.1, 0.15) is 11.4 Å². The van der Waals surface area contributed by atoms with Crippen LogP contribution < -0.4 is 0 Å². The highest BCUT2D eigenvalue weighted by Gasteiger charge is 2.13. The van der Waals surface area contributed by atoms with E-state index < -0.39 is 0 Å². The molecule has 0 aliphatic carbocycles. The molecule has 0 atom stereocenters. The topological polar surface area (TPSA) is 34.4 Å². The van der Waals surface area contributed by atoms with Gasteiger partial charge in [-0.3, -0.25) is 9.20 Å². The highest BCUT2D eigenvalue weighted by atomic mass is 127. The van der Waals surface area contributed by atoms with Crippen molar-refractivity contribution in [2.75, 3.05) is 0 Å². The zero-order chi connectivity index (χ0) is 11.8. The number of fused-ring (bicyclic) bond motifs is 1. The van der Waals surface area contributed by atoms with E-state index in [1.54, 1.807) is 0 Å². The van der Waals surface area contributed by atoms with Crippen LogP contribution in [0.3, 0.4) is 0 Å². The van der Waals surface area contributed by atoms with Crippen LogP contribution in [0.1, 0.15) is 10.5 Å². The van der Waals surface area contributed by atoms with Crippen molar-refractivity contribution in [3.05, 3.63) is 45.1 Å². The molecule has 84 valence electrons. The molecule has 0 N–H and O–H groups in total. The number of aldehydes is 1. The second-order valence-corrected chi connectivity index (χ2v) is 5.65. The number of nitrogens with zero attached hydrogens (tertiary/aromatic N) is 2. The van der Waals surface area contributed by atoms with Crippen LogP contribution in [0, 0.1) is 3.57 Å². The lowest BCUT2D eigenvalue weighted by Gasteiger charge is -1.99. The van der Waals surface area contributed by atoms with E-state index in [0.717, 1.165) is 26.1 Å². The van der Waals surface area contributed by atoms with Crippen molar-refractivity contribution in [1.29, 1.82) is 0 Å². The van der Waals surface area contributed by atoms with Crippen LogP contribution in [0.2, 0.25) is 0 Å². The van der Waals surface area contributed by atoms with Crippen LogP contribution in [0.15, 0.2) is 35.8 Å². The molecule has 2 aromatic heterocycles. The van der Waals surface area contributed by atoms with E-state index in [1.807, 2.05) is 40.2 Å². The number of rotatable bonds is 2. The molecule has 3 rings (SSSR count). The molecule has 3 nitrogen and oxygen atoms in total. The van der Waals surface area contributed by atoms with Gasteiger partial charge in [0.05, 0.1) is 0 Å². The molecule has 0 radical (unpaired) electrons. The van der Waals surface area contributed by atoms with E-state index in [9.17, 15) is 4.79 Å². The number of halogens is 1. The Balaban J connectivity index is 2.29. The summed E-state index contributed by atoms with van der Waals surface area (Å²) in [5.41, 5.74) is 2.35. The van der Waals surface area contributed by atoms with Gasteiger partial charge in [0.2, 0.25) is 0 Å². The van der Waals surface area contributed by atoms with E-state index in [-0.39, 0.29) is 0 Å². The van der Waals surface area contributed by atoms with Gasteiger partial charge in [0, 0.05) is 20.7 Å². The molecule has 2 heterocycles. The number of benzene rings is 1. The van der Waals surface area contributed by atoms with E-state index >= 15 is 0 Å². The molecule has 5 heteroatoms. The van der Waals surface area contributed by atoms with Crippen molar-refractivity contribution >= 4 is 45.2 Å². The average Bonchev–Trinajstić information content (AvgIpc) is 2.88. The van der Waals surface area contributed by atoms with Gasteiger partial charge in [-0.15, -0.1) is 11.3 Å². The van der Waals surface area contributed by atoms with Crippen molar-refractivity contribution in [2.24, 2.45) is 0 Å². The Morgan fingerprint density at radius 1 is 1.41 bits per heavy atom. The third-order valence-corrected chi connectivity index (χ3v) is 3.94. The van der Waals surface area contributed by atoms with E-state index in [0.29, 0.717) is 5.69 Å². The van der Waals surface area contributed by atoms with Gasteiger partial charge in [-0.05, 0) is 34.7 Å². The molecule has 0 aliphatic heterocycles. The normalized spacial score (nSPS) is 10.9. The minimum Gasteiger partial charge on any atom is -0.296 e. The van der Waals surface area contributed by atoms with Gasteiger partial charge >= 0.3 is 0 Å². The monoisotopic (exact) mass is 354 g/mol. The third-order valence-electron chi connectivity index (χ3n) is 2.51. The number of aromatic nitrogens is 2. The Morgan fingerprint density at radius 2 is 2.29 bits per heavy atom. The highest BCUT2D eigenvalue weighted by molar-refractivity contribution is 14.1. The van der Waals surface area contributed by atoms with Crippen LogP contribution in [0.4, 0.5) is 0 Å². The molecule has 3 aromatic rings. The molecule has 17 heavy (non-hydrogen) atoms. The number of hydrogen-bond donors (Lipinski definition) is 0. The van der Waals surface area contributed by atoms with Crippen LogP contribution >= 0.6 is 33.9 Å². The maximum atomic E-state index is 11.2. The second-order valence-electron chi connectivity index (χ2n) is 3.53. The van der Waals surface area contributed by atoms with Gasteiger partial charge < -0.3 is 0 Å². The Labute approximate surface area is 115 Å². The predicted molar refractivity (Wildman–Crippen MR) is 76.6 cm³/mol. The fraction of sp³-hybridized carbons (Fsp3) is 0. The SMILES string of the molecule is O=Cc1c(-c2cccc(I)c2)nc2sccn12. The summed E-state index contributed by atoms with van der Waals surface area (Å²) in [5, 5.41) is 1.92. The lowest BCUT2D eigenvalue weighted by Crippen LogP contribution is -1.90. The smallest absolute Gasteiger partial charge is 0.194 e. The standard InChI is InChI=1S/C12H7IN2OS/c13-9-3-1-2-8(6-9)11-10(7-16)15-4-5-17-12(15)14-11/h1-7H. The first-order valence-corrected chi connectivity index (χ1v) is 6.92. The van der Waals surface area contributed by atoms with Gasteiger partial charge in [-0.2, -0.15) is 0 Å². The zero-order valence-electron chi connectivity index (χ0n) is 8.63. The summed E-state index contributed by atoms with van der Waals surface area (Å²) in [6.45, 7) is 0. The Hall–Kier alpha value is -1.21. The molecule has 0 bridgehead atoms. The van der Waals surface area contributed by atoms with Crippen LogP contribution in [-0.2, 0) is 0 Å². The quantitative estimate of drug-likeness (QED) is 0.522. The summed E-state index contributed by atoms with van der Waals surface area (Å²) in [6, 6.07) is 7.99. The molecule has 0 amide bonds. The minimum atomic E-state index is 0.614. The van der Waals surface area contributed by atoms with E-state index in [2.05, 4.69) is 27.6 Å². The predicted octanol–water partition coefficient (Wildman–Crippen LogP) is 3.48. The first-order chi connectivity index (χ1) is 8.29. The molecule has 0 fully saturated rings. The molecule has 0 saturated carbocycles. The Bertz CT molecular complexity index is 701. The zero-order valence-corrected chi connectivity index (χ0v) is 11.6. The largest absolute Gasteiger partial charge is 0.296 e. The molecule has 0 unspecified atom stereocenters. The summed E-state index contributed by atoms with van der Waals surface area (Å²) >= 11 is 3.78. The fourth-order valence-corrected chi connectivity index (χ4v) is 3.03. The Morgan fingerprint density at radius 3 is 3.06 bits per heavy atom. The summed E-state index contributed by atoms with van der Waals surface area (Å²) in [7, 11) is 0. The number of thiazole rings is 1. The van der Waals surface area contributed by atoms with Crippen LogP contribution in [-0.4, -0.2) is 15.7 Å². The summed E-state index contributed by atoms with van der Waals surface area (Å²) < 4.78 is 2.96. The average molecular weight is 354 g/mol. The first kappa shape index (κ1) is 10.9. The van der Waals surface area contributed by atoms with Crippen molar-refractivity contribution in [2.45, 2.75) is 0 Å². The molecule has 1 aromatic carbocycles. The van der Waals surface area contributed by atoms with Gasteiger partial charge in [0.25, 0.3) is 0 Å². The minimum absolute atomic E-state index is 0.614. The number of hydrogen-bond acceptors (Lipinski definition) is 3. The second kappa shape index (κ2) is 4.23. The van der Waals surface area contributed by atoms with Gasteiger partial charge in [0.15, 0.2) is 11.2 Å². The summed E-state index contributed by atoms with van der Waals surface area (Å²) in [4.78, 5) is 16.6. The van der Waals surface area contributed by atoms with Crippen LogP contribution in [0.25, 0.3) is 16.2 Å². The lowest BCUT2D eigenvalue weighted by molar-refractivity contribution is 0.111. The third kappa shape index (κ3) is 1.79. The molecular weight excluding hydrogens is 347 g/mol. The van der Waals surface area contributed by atoms with Crippen molar-refractivity contribution in [1.82, 2.24) is 9.38 Å². The van der Waals surface area contributed by atoms with Gasteiger partial charge in [-0.1, -0.05) is 12.1 Å². The number of imidazole rings is 1. The molecular formula is C12H7IN2OS. The van der Waals surface area contributed by atoms with Crippen molar-refractivity contribution in [3.8, 4) is 11.3 Å². The van der Waals surface area contributed by atoms with Crippen LogP contribution in [0.5, 0.6) is 0 Å². The number of carbonyl (C=O) groups excluding carboxylic acids is 1. The number of carbonyl (C=O) groups is 1. The molecule has 0 spiro atoms. The van der Waals surface area contributed by atoms with E-state index in [4.69, 9.17) is 0 Å². The maximum Gasteiger partial charge on any atom is 0.194 e. The maximum absolute atomic E-state index is 11.2. The van der Waals surface area contributed by atoms with Crippen molar-refractivity contribution in [3.63, 3.8) is 0 Å². The summed E-state index contributed by atoms with van der Waals surface area (Å²) in [6.07, 6.45) is 2.73.